The Bertz CT molecular complexity index is 341. The lowest BCUT2D eigenvalue weighted by Gasteiger charge is -2.32. The van der Waals surface area contributed by atoms with E-state index in [9.17, 15) is 4.39 Å². The summed E-state index contributed by atoms with van der Waals surface area (Å²) < 4.78 is 13.7. The molecule has 1 aromatic carbocycles. The number of hydrogen-bond acceptors (Lipinski definition) is 2. The fourth-order valence-electron chi connectivity index (χ4n) is 2.17. The van der Waals surface area contributed by atoms with E-state index < -0.39 is 0 Å². The van der Waals surface area contributed by atoms with E-state index in [-0.39, 0.29) is 11.9 Å². The van der Waals surface area contributed by atoms with Crippen LogP contribution in [0.3, 0.4) is 0 Å². The highest BCUT2D eigenvalue weighted by Crippen LogP contribution is 2.24. The molecule has 2 unspecified atom stereocenters. The van der Waals surface area contributed by atoms with Gasteiger partial charge in [0.25, 0.3) is 0 Å². The molecule has 0 radical (unpaired) electrons. The lowest BCUT2D eigenvalue weighted by Crippen LogP contribution is -2.39. The first-order valence-corrected chi connectivity index (χ1v) is 6.28. The highest BCUT2D eigenvalue weighted by atomic mass is 19.1. The molecule has 0 amide bonds. The number of rotatable bonds is 6. The quantitative estimate of drug-likeness (QED) is 0.825. The Kier molecular flexibility index (Phi) is 5.59. The molecule has 96 valence electrons. The molecule has 0 bridgehead atoms. The minimum atomic E-state index is -0.140. The van der Waals surface area contributed by atoms with Crippen LogP contribution in [0, 0.1) is 5.82 Å². The van der Waals surface area contributed by atoms with Crippen molar-refractivity contribution < 1.29 is 4.39 Å². The molecule has 0 saturated heterocycles. The lowest BCUT2D eigenvalue weighted by molar-refractivity contribution is 0.176. The third-order valence-corrected chi connectivity index (χ3v) is 3.44. The monoisotopic (exact) mass is 238 g/mol. The van der Waals surface area contributed by atoms with Crippen LogP contribution in [0.5, 0.6) is 0 Å². The van der Waals surface area contributed by atoms with Crippen molar-refractivity contribution in [2.24, 2.45) is 5.73 Å². The van der Waals surface area contributed by atoms with E-state index in [1.807, 2.05) is 26.1 Å². The van der Waals surface area contributed by atoms with E-state index in [1.165, 1.54) is 6.07 Å². The summed E-state index contributed by atoms with van der Waals surface area (Å²) in [5, 5.41) is 0. The molecule has 0 saturated carbocycles. The Morgan fingerprint density at radius 2 is 2.00 bits per heavy atom. The molecule has 2 atom stereocenters. The molecule has 0 aliphatic heterocycles. The first-order valence-electron chi connectivity index (χ1n) is 6.28. The molecular weight excluding hydrogens is 215 g/mol. The van der Waals surface area contributed by atoms with Crippen LogP contribution in [0.25, 0.3) is 0 Å². The first kappa shape index (κ1) is 14.1. The van der Waals surface area contributed by atoms with Gasteiger partial charge in [-0.2, -0.15) is 0 Å². The molecule has 2 N–H and O–H groups in total. The summed E-state index contributed by atoms with van der Waals surface area (Å²) in [6.45, 7) is 4.78. The van der Waals surface area contributed by atoms with Crippen LogP contribution in [0.4, 0.5) is 4.39 Å². The maximum atomic E-state index is 13.7. The molecule has 0 aliphatic carbocycles. The fourth-order valence-corrected chi connectivity index (χ4v) is 2.17. The van der Waals surface area contributed by atoms with Crippen molar-refractivity contribution in [1.29, 1.82) is 0 Å². The minimum absolute atomic E-state index is 0.0521. The van der Waals surface area contributed by atoms with Crippen molar-refractivity contribution in [3.05, 3.63) is 35.6 Å². The second-order valence-corrected chi connectivity index (χ2v) is 4.54. The van der Waals surface area contributed by atoms with E-state index in [0.29, 0.717) is 12.6 Å². The van der Waals surface area contributed by atoms with E-state index in [1.54, 1.807) is 6.07 Å². The first-order chi connectivity index (χ1) is 8.11. The summed E-state index contributed by atoms with van der Waals surface area (Å²) in [5.41, 5.74) is 6.52. The van der Waals surface area contributed by atoms with Gasteiger partial charge in [0.2, 0.25) is 0 Å². The molecule has 0 aromatic heterocycles. The summed E-state index contributed by atoms with van der Waals surface area (Å²) >= 11 is 0. The van der Waals surface area contributed by atoms with Gasteiger partial charge in [-0.25, -0.2) is 4.39 Å². The SMILES string of the molecule is CCCC(CN)N(C)C(C)c1ccccc1F. The summed E-state index contributed by atoms with van der Waals surface area (Å²) in [5.74, 6) is -0.140. The summed E-state index contributed by atoms with van der Waals surface area (Å²) in [6, 6.07) is 7.32. The largest absolute Gasteiger partial charge is 0.329 e. The van der Waals surface area contributed by atoms with Crippen LogP contribution in [0.1, 0.15) is 38.3 Å². The van der Waals surface area contributed by atoms with Gasteiger partial charge in [0.15, 0.2) is 0 Å². The van der Waals surface area contributed by atoms with Crippen molar-refractivity contribution in [3.63, 3.8) is 0 Å². The molecule has 0 fully saturated rings. The molecular formula is C14H23FN2. The fraction of sp³-hybridized carbons (Fsp3) is 0.571. The predicted octanol–water partition coefficient (Wildman–Crippen LogP) is 2.95. The van der Waals surface area contributed by atoms with Crippen molar-refractivity contribution in [1.82, 2.24) is 4.90 Å². The van der Waals surface area contributed by atoms with Crippen LogP contribution in [0.2, 0.25) is 0 Å². The maximum Gasteiger partial charge on any atom is 0.127 e. The van der Waals surface area contributed by atoms with E-state index in [4.69, 9.17) is 5.73 Å². The Morgan fingerprint density at radius 1 is 1.35 bits per heavy atom. The second kappa shape index (κ2) is 6.72. The molecule has 17 heavy (non-hydrogen) atoms. The van der Waals surface area contributed by atoms with Crippen molar-refractivity contribution >= 4 is 0 Å². The molecule has 0 heterocycles. The Balaban J connectivity index is 2.81. The van der Waals surface area contributed by atoms with Gasteiger partial charge in [-0.3, -0.25) is 4.90 Å². The van der Waals surface area contributed by atoms with Crippen LogP contribution in [0.15, 0.2) is 24.3 Å². The molecule has 1 aromatic rings. The minimum Gasteiger partial charge on any atom is -0.329 e. The Labute approximate surface area is 104 Å². The molecule has 0 aliphatic rings. The van der Waals surface area contributed by atoms with Crippen LogP contribution >= 0.6 is 0 Å². The van der Waals surface area contributed by atoms with E-state index in [2.05, 4.69) is 11.8 Å². The van der Waals surface area contributed by atoms with Gasteiger partial charge in [0.05, 0.1) is 0 Å². The zero-order valence-electron chi connectivity index (χ0n) is 11.0. The van der Waals surface area contributed by atoms with Crippen LogP contribution in [-0.2, 0) is 0 Å². The Hall–Kier alpha value is -0.930. The molecule has 0 spiro atoms. The highest BCUT2D eigenvalue weighted by molar-refractivity contribution is 5.20. The van der Waals surface area contributed by atoms with Gasteiger partial charge < -0.3 is 5.73 Å². The van der Waals surface area contributed by atoms with Crippen LogP contribution < -0.4 is 5.73 Å². The van der Waals surface area contributed by atoms with Crippen molar-refractivity contribution in [2.45, 2.75) is 38.8 Å². The zero-order valence-corrected chi connectivity index (χ0v) is 11.0. The molecule has 1 rings (SSSR count). The molecule has 3 heteroatoms. The smallest absolute Gasteiger partial charge is 0.127 e. The number of halogens is 1. The normalized spacial score (nSPS) is 14.9. The number of hydrogen-bond donors (Lipinski definition) is 1. The van der Waals surface area contributed by atoms with Crippen LogP contribution in [-0.4, -0.2) is 24.5 Å². The predicted molar refractivity (Wildman–Crippen MR) is 70.3 cm³/mol. The lowest BCUT2D eigenvalue weighted by atomic mass is 10.0. The maximum absolute atomic E-state index is 13.7. The van der Waals surface area contributed by atoms with Gasteiger partial charge in [0.1, 0.15) is 5.82 Å². The van der Waals surface area contributed by atoms with Crippen molar-refractivity contribution in [3.8, 4) is 0 Å². The Morgan fingerprint density at radius 3 is 2.53 bits per heavy atom. The third kappa shape index (κ3) is 3.51. The van der Waals surface area contributed by atoms with Crippen molar-refractivity contribution in [2.75, 3.05) is 13.6 Å². The van der Waals surface area contributed by atoms with Gasteiger partial charge >= 0.3 is 0 Å². The average molecular weight is 238 g/mol. The second-order valence-electron chi connectivity index (χ2n) is 4.54. The summed E-state index contributed by atoms with van der Waals surface area (Å²) in [7, 11) is 2.02. The number of likely N-dealkylation sites (N-methyl/N-ethyl adjacent to an activating group) is 1. The van der Waals surface area contributed by atoms with E-state index in [0.717, 1.165) is 18.4 Å². The highest BCUT2D eigenvalue weighted by Gasteiger charge is 2.21. The van der Waals surface area contributed by atoms with Gasteiger partial charge in [-0.15, -0.1) is 0 Å². The number of benzene rings is 1. The third-order valence-electron chi connectivity index (χ3n) is 3.44. The van der Waals surface area contributed by atoms with Gasteiger partial charge in [-0.1, -0.05) is 31.5 Å². The molecule has 2 nitrogen and oxygen atoms in total. The standard InChI is InChI=1S/C14H23FN2/c1-4-7-12(10-16)17(3)11(2)13-8-5-6-9-14(13)15/h5-6,8-9,11-12H,4,7,10,16H2,1-3H3. The topological polar surface area (TPSA) is 29.3 Å². The summed E-state index contributed by atoms with van der Waals surface area (Å²) in [6.07, 6.45) is 2.14. The number of nitrogens with zero attached hydrogens (tertiary/aromatic N) is 1. The van der Waals surface area contributed by atoms with Gasteiger partial charge in [0, 0.05) is 24.2 Å². The number of nitrogens with two attached hydrogens (primary N) is 1. The summed E-state index contributed by atoms with van der Waals surface area (Å²) in [4.78, 5) is 2.17. The average Bonchev–Trinajstić information content (AvgIpc) is 2.35. The van der Waals surface area contributed by atoms with Gasteiger partial charge in [-0.05, 0) is 26.5 Å². The zero-order chi connectivity index (χ0) is 12.8. The van der Waals surface area contributed by atoms with E-state index >= 15 is 0 Å².